The molecule has 0 atom stereocenters. The maximum absolute atomic E-state index is 3.97. The van der Waals surface area contributed by atoms with Crippen molar-refractivity contribution in [3.05, 3.63) is 42.5 Å². The van der Waals surface area contributed by atoms with Crippen molar-refractivity contribution in [1.82, 2.24) is 0 Å². The molecule has 0 aliphatic carbocycles. The van der Waals surface area contributed by atoms with Crippen LogP contribution < -0.4 is 0 Å². The quantitative estimate of drug-likeness (QED) is 0.137. The summed E-state index contributed by atoms with van der Waals surface area (Å²) in [5, 5.41) is 31.8. The molecule has 0 radical (unpaired) electrons. The van der Waals surface area contributed by atoms with Gasteiger partial charge in [0, 0.05) is 0 Å². The van der Waals surface area contributed by atoms with E-state index in [0.29, 0.717) is 0 Å². The first-order chi connectivity index (χ1) is 19.3. The summed E-state index contributed by atoms with van der Waals surface area (Å²) in [5.74, 6) is 0. The molecule has 0 spiro atoms. The van der Waals surface area contributed by atoms with Gasteiger partial charge in [-0.15, -0.1) is 0 Å². The third-order valence-electron chi connectivity index (χ3n) is 3.58. The molecule has 0 N–H and O–H groups in total. The van der Waals surface area contributed by atoms with E-state index in [-0.39, 0.29) is 51.7 Å². The molecule has 0 unspecified atom stereocenters. The Morgan fingerprint density at radius 1 is 0.167 bits per heavy atom. The Labute approximate surface area is 307 Å². The summed E-state index contributed by atoms with van der Waals surface area (Å²) < 4.78 is 0. The summed E-state index contributed by atoms with van der Waals surface area (Å²) in [6, 6.07) is 0. The fourth-order valence-corrected chi connectivity index (χ4v) is 1.79. The zero-order valence-electron chi connectivity index (χ0n) is 31.9. The van der Waals surface area contributed by atoms with Crippen LogP contribution in [0.1, 0.15) is 111 Å². The summed E-state index contributed by atoms with van der Waals surface area (Å²) >= 11 is 0. The molecule has 0 bridgehead atoms. The molecular formula is C32H80Hf2N8. The van der Waals surface area contributed by atoms with E-state index < -0.39 is 0 Å². The van der Waals surface area contributed by atoms with Crippen molar-refractivity contribution in [2.45, 2.75) is 111 Å². The van der Waals surface area contributed by atoms with Gasteiger partial charge in [-0.2, -0.15) is 105 Å². The first-order valence-corrected chi connectivity index (χ1v) is 16.4. The standard InChI is InChI=1S/8C4H10N.2Hf/c8*1-3-5-4-2;;/h8*3-4H2,1-2H3;;/q8*-1;2*+4. The first kappa shape index (κ1) is 70.0. The molecule has 0 saturated carbocycles. The topological polar surface area (TPSA) is 113 Å². The summed E-state index contributed by atoms with van der Waals surface area (Å²) in [6.45, 7) is 48.2. The normalized spacial score (nSPS) is 8.00. The van der Waals surface area contributed by atoms with Gasteiger partial charge in [0.05, 0.1) is 0 Å². The fourth-order valence-electron chi connectivity index (χ4n) is 1.79. The van der Waals surface area contributed by atoms with E-state index in [2.05, 4.69) is 42.5 Å². The Morgan fingerprint density at radius 3 is 0.214 bits per heavy atom. The molecule has 0 aliphatic heterocycles. The van der Waals surface area contributed by atoms with Crippen LogP contribution in [0, 0.1) is 0 Å². The second-order valence-corrected chi connectivity index (χ2v) is 6.85. The molecule has 256 valence electrons. The maximum Gasteiger partial charge on any atom is 4.00 e. The zero-order valence-corrected chi connectivity index (χ0v) is 39.1. The van der Waals surface area contributed by atoms with Crippen molar-refractivity contribution >= 4 is 0 Å². The monoisotopic (exact) mass is 937 g/mol. The SMILES string of the molecule is CC[N-]CC.CC[N-]CC.CC[N-]CC.CC[N-]CC.CC[N-]CC.CC[N-]CC.CC[N-]CC.CC[N-]CC.[Hf+4].[Hf+4]. The van der Waals surface area contributed by atoms with E-state index >= 15 is 0 Å². The third-order valence-corrected chi connectivity index (χ3v) is 3.58. The first-order valence-electron chi connectivity index (χ1n) is 16.4. The van der Waals surface area contributed by atoms with Gasteiger partial charge in [-0.3, -0.25) is 0 Å². The van der Waals surface area contributed by atoms with Gasteiger partial charge in [0.15, 0.2) is 0 Å². The molecule has 0 amide bonds. The molecule has 0 saturated heterocycles. The minimum Gasteiger partial charge on any atom is -0.663 e. The number of hydrogen-bond acceptors (Lipinski definition) is 0. The smallest absolute Gasteiger partial charge is 0.663 e. The van der Waals surface area contributed by atoms with Crippen molar-refractivity contribution in [2.24, 2.45) is 0 Å². The summed E-state index contributed by atoms with van der Waals surface area (Å²) in [6.07, 6.45) is 0. The van der Waals surface area contributed by atoms with Crippen LogP contribution in [0.5, 0.6) is 0 Å². The van der Waals surface area contributed by atoms with E-state index in [0.717, 1.165) is 105 Å². The second kappa shape index (κ2) is 113. The molecule has 0 aliphatic rings. The van der Waals surface area contributed by atoms with Crippen LogP contribution in [-0.4, -0.2) is 105 Å². The van der Waals surface area contributed by atoms with E-state index in [4.69, 9.17) is 0 Å². The molecule has 0 aromatic heterocycles. The van der Waals surface area contributed by atoms with Crippen molar-refractivity contribution in [3.63, 3.8) is 0 Å². The van der Waals surface area contributed by atoms with Gasteiger partial charge in [0.2, 0.25) is 0 Å². The van der Waals surface area contributed by atoms with Gasteiger partial charge < -0.3 is 42.5 Å². The van der Waals surface area contributed by atoms with E-state index in [1.54, 1.807) is 0 Å². The Morgan fingerprint density at radius 2 is 0.214 bits per heavy atom. The van der Waals surface area contributed by atoms with Crippen molar-refractivity contribution in [3.8, 4) is 0 Å². The van der Waals surface area contributed by atoms with Crippen LogP contribution in [0.3, 0.4) is 0 Å². The predicted molar refractivity (Wildman–Crippen MR) is 196 cm³/mol. The van der Waals surface area contributed by atoms with Crippen LogP contribution in [0.4, 0.5) is 0 Å². The number of nitrogens with zero attached hydrogens (tertiary/aromatic N) is 8. The molecule has 10 heteroatoms. The van der Waals surface area contributed by atoms with E-state index in [1.165, 1.54) is 0 Å². The van der Waals surface area contributed by atoms with Crippen LogP contribution in [0.25, 0.3) is 42.5 Å². The summed E-state index contributed by atoms with van der Waals surface area (Å²) in [5.41, 5.74) is 0. The Kier molecular flexibility index (Phi) is 188. The average Bonchev–Trinajstić information content (AvgIpc) is 2.95. The number of rotatable bonds is 16. The molecular weight excluding hydrogens is 853 g/mol. The molecule has 0 aromatic carbocycles. The van der Waals surface area contributed by atoms with Crippen LogP contribution in [0.15, 0.2) is 0 Å². The van der Waals surface area contributed by atoms with Gasteiger partial charge >= 0.3 is 51.7 Å². The maximum atomic E-state index is 3.97. The minimum atomic E-state index is 0. The Bertz CT molecular complexity index is 173. The second-order valence-electron chi connectivity index (χ2n) is 6.85. The zero-order chi connectivity index (χ0) is 33.0. The molecule has 0 aromatic rings. The van der Waals surface area contributed by atoms with Gasteiger partial charge in [-0.1, -0.05) is 111 Å². The average molecular weight is 934 g/mol. The summed E-state index contributed by atoms with van der Waals surface area (Å²) in [4.78, 5) is 0. The molecule has 8 nitrogen and oxygen atoms in total. The van der Waals surface area contributed by atoms with Gasteiger partial charge in [-0.25, -0.2) is 0 Å². The van der Waals surface area contributed by atoms with Crippen molar-refractivity contribution in [1.29, 1.82) is 0 Å². The predicted octanol–water partition coefficient (Wildman–Crippen LogP) is 11.2. The molecule has 0 fully saturated rings. The van der Waals surface area contributed by atoms with Crippen LogP contribution in [0.2, 0.25) is 0 Å². The Balaban J connectivity index is -0.0000000346. The van der Waals surface area contributed by atoms with Gasteiger partial charge in [-0.05, 0) is 0 Å². The summed E-state index contributed by atoms with van der Waals surface area (Å²) in [7, 11) is 0. The van der Waals surface area contributed by atoms with Crippen molar-refractivity contribution < 1.29 is 51.7 Å². The van der Waals surface area contributed by atoms with E-state index in [1.807, 2.05) is 111 Å². The van der Waals surface area contributed by atoms with Crippen LogP contribution in [-0.2, 0) is 51.7 Å². The minimum absolute atomic E-state index is 0. The molecule has 0 heterocycles. The Hall–Kier alpha value is 1.42. The molecule has 0 rings (SSSR count). The molecule has 42 heavy (non-hydrogen) atoms. The van der Waals surface area contributed by atoms with E-state index in [9.17, 15) is 0 Å². The fraction of sp³-hybridized carbons (Fsp3) is 1.00. The van der Waals surface area contributed by atoms with Crippen molar-refractivity contribution in [2.75, 3.05) is 105 Å². The van der Waals surface area contributed by atoms with Gasteiger partial charge in [0.1, 0.15) is 0 Å². The largest absolute Gasteiger partial charge is 4.00 e. The van der Waals surface area contributed by atoms with Gasteiger partial charge in [0.25, 0.3) is 0 Å². The van der Waals surface area contributed by atoms with Crippen LogP contribution >= 0.6 is 0 Å². The third kappa shape index (κ3) is 223. The number of hydrogen-bond donors (Lipinski definition) is 0.